The molecule has 1 aromatic carbocycles. The fraction of sp³-hybridized carbons (Fsp3) is 0.364. The van der Waals surface area contributed by atoms with E-state index in [-0.39, 0.29) is 11.8 Å². The summed E-state index contributed by atoms with van der Waals surface area (Å²) in [6.07, 6.45) is 4.82. The second-order valence-corrected chi connectivity index (χ2v) is 7.53. The van der Waals surface area contributed by atoms with E-state index in [0.29, 0.717) is 38.5 Å². The molecular weight excluding hydrogens is 354 g/mol. The molecule has 3 heterocycles. The first-order valence-electron chi connectivity index (χ1n) is 9.92. The van der Waals surface area contributed by atoms with Crippen LogP contribution in [0.3, 0.4) is 0 Å². The Morgan fingerprint density at radius 3 is 2.50 bits per heavy atom. The zero-order valence-electron chi connectivity index (χ0n) is 15.8. The first-order chi connectivity index (χ1) is 13.7. The first-order valence-corrected chi connectivity index (χ1v) is 9.92. The molecule has 28 heavy (non-hydrogen) atoms. The highest BCUT2D eigenvalue weighted by molar-refractivity contribution is 5.92. The zero-order chi connectivity index (χ0) is 19.1. The van der Waals surface area contributed by atoms with Crippen molar-refractivity contribution >= 4 is 22.7 Å². The molecule has 1 fully saturated rings. The number of aromatic nitrogens is 1. The first kappa shape index (κ1) is 17.1. The second-order valence-electron chi connectivity index (χ2n) is 7.53. The lowest BCUT2D eigenvalue weighted by atomic mass is 10.1. The molecule has 0 unspecified atom stereocenters. The highest BCUT2D eigenvalue weighted by Crippen LogP contribution is 2.33. The van der Waals surface area contributed by atoms with Crippen LogP contribution in [-0.2, 0) is 24.2 Å². The maximum absolute atomic E-state index is 13.0. The van der Waals surface area contributed by atoms with Crippen LogP contribution in [0.2, 0.25) is 0 Å². The van der Waals surface area contributed by atoms with Crippen LogP contribution in [0.1, 0.15) is 28.2 Å². The maximum atomic E-state index is 13.0. The molecule has 6 heteroatoms. The Hall–Kier alpha value is -3.02. The van der Waals surface area contributed by atoms with Crippen LogP contribution in [0, 0.1) is 0 Å². The van der Waals surface area contributed by atoms with Crippen LogP contribution < -0.4 is 0 Å². The van der Waals surface area contributed by atoms with Gasteiger partial charge in [0.05, 0.1) is 6.26 Å². The van der Waals surface area contributed by atoms with Gasteiger partial charge in [0.2, 0.25) is 5.91 Å². The Balaban J connectivity index is 1.29. The lowest BCUT2D eigenvalue weighted by Gasteiger charge is -2.34. The van der Waals surface area contributed by atoms with Gasteiger partial charge in [-0.1, -0.05) is 18.2 Å². The van der Waals surface area contributed by atoms with Crippen molar-refractivity contribution in [3.63, 3.8) is 0 Å². The molecule has 0 N–H and O–H groups in total. The van der Waals surface area contributed by atoms with Crippen LogP contribution in [-0.4, -0.2) is 52.4 Å². The number of hydrogen-bond acceptors (Lipinski definition) is 3. The summed E-state index contributed by atoms with van der Waals surface area (Å²) in [6, 6.07) is 11.8. The van der Waals surface area contributed by atoms with Crippen molar-refractivity contribution in [3.8, 4) is 0 Å². The molecule has 0 bridgehead atoms. The van der Waals surface area contributed by atoms with E-state index in [9.17, 15) is 9.59 Å². The minimum atomic E-state index is -0.105. The van der Waals surface area contributed by atoms with E-state index in [1.54, 1.807) is 17.0 Å². The third-order valence-corrected chi connectivity index (χ3v) is 5.98. The molecule has 0 radical (unpaired) electrons. The highest BCUT2D eigenvalue weighted by atomic mass is 16.3. The summed E-state index contributed by atoms with van der Waals surface area (Å²) in [5.74, 6) is 0.376. The lowest BCUT2D eigenvalue weighted by molar-refractivity contribution is -0.133. The number of carbonyl (C=O) groups is 2. The van der Waals surface area contributed by atoms with Crippen LogP contribution in [0.15, 0.2) is 47.1 Å². The van der Waals surface area contributed by atoms with E-state index in [1.807, 2.05) is 11.0 Å². The van der Waals surface area contributed by atoms with E-state index < -0.39 is 0 Å². The number of nitrogens with zero attached hydrogens (tertiary/aromatic N) is 3. The largest absolute Gasteiger partial charge is 0.459 e. The third-order valence-electron chi connectivity index (χ3n) is 5.98. The number of para-hydroxylation sites is 1. The molecule has 3 aromatic rings. The Bertz CT molecular complexity index is 1030. The summed E-state index contributed by atoms with van der Waals surface area (Å²) in [6.45, 7) is 2.58. The fourth-order valence-electron chi connectivity index (χ4n) is 4.56. The number of fused-ring (bicyclic) bond motifs is 3. The Morgan fingerprint density at radius 1 is 0.929 bits per heavy atom. The average molecular weight is 377 g/mol. The van der Waals surface area contributed by atoms with E-state index in [0.717, 1.165) is 24.8 Å². The number of rotatable bonds is 3. The summed E-state index contributed by atoms with van der Waals surface area (Å²) in [5.41, 5.74) is 3.89. The maximum Gasteiger partial charge on any atom is 0.289 e. The van der Waals surface area contributed by atoms with Gasteiger partial charge in [-0.15, -0.1) is 0 Å². The van der Waals surface area contributed by atoms with Crippen molar-refractivity contribution < 1.29 is 14.0 Å². The van der Waals surface area contributed by atoms with Gasteiger partial charge in [0.25, 0.3) is 5.91 Å². The summed E-state index contributed by atoms with van der Waals surface area (Å²) in [7, 11) is 0. The number of hydrogen-bond donors (Lipinski definition) is 0. The lowest BCUT2D eigenvalue weighted by Crippen LogP contribution is -2.51. The van der Waals surface area contributed by atoms with E-state index in [1.165, 1.54) is 22.9 Å². The predicted octanol–water partition coefficient (Wildman–Crippen LogP) is 2.71. The SMILES string of the molecule is O=C(Cn1c2c(c3ccccc31)CCC2)N1CCN(C(=O)c2ccco2)CC1. The van der Waals surface area contributed by atoms with Crippen molar-refractivity contribution in [2.75, 3.05) is 26.2 Å². The smallest absolute Gasteiger partial charge is 0.289 e. The summed E-state index contributed by atoms with van der Waals surface area (Å²) in [5, 5.41) is 1.29. The minimum Gasteiger partial charge on any atom is -0.459 e. The van der Waals surface area contributed by atoms with Crippen molar-refractivity contribution in [2.45, 2.75) is 25.8 Å². The van der Waals surface area contributed by atoms with Gasteiger partial charge in [-0.05, 0) is 43.0 Å². The van der Waals surface area contributed by atoms with Gasteiger partial charge < -0.3 is 18.8 Å². The minimum absolute atomic E-state index is 0.105. The summed E-state index contributed by atoms with van der Waals surface area (Å²) >= 11 is 0. The quantitative estimate of drug-likeness (QED) is 0.705. The van der Waals surface area contributed by atoms with Crippen molar-refractivity contribution in [1.82, 2.24) is 14.4 Å². The van der Waals surface area contributed by atoms with Gasteiger partial charge in [0.1, 0.15) is 6.54 Å². The molecule has 2 aromatic heterocycles. The average Bonchev–Trinajstić information content (AvgIpc) is 3.47. The monoisotopic (exact) mass is 377 g/mol. The number of furan rings is 1. The van der Waals surface area contributed by atoms with E-state index in [4.69, 9.17) is 4.42 Å². The molecular formula is C22H23N3O3. The van der Waals surface area contributed by atoms with E-state index in [2.05, 4.69) is 22.8 Å². The van der Waals surface area contributed by atoms with Gasteiger partial charge in [0, 0.05) is 42.8 Å². The number of benzene rings is 1. The fourth-order valence-corrected chi connectivity index (χ4v) is 4.56. The molecule has 1 saturated heterocycles. The van der Waals surface area contributed by atoms with Gasteiger partial charge >= 0.3 is 0 Å². The van der Waals surface area contributed by atoms with Crippen LogP contribution in [0.4, 0.5) is 0 Å². The van der Waals surface area contributed by atoms with Crippen molar-refractivity contribution in [3.05, 3.63) is 59.7 Å². The number of amides is 2. The molecule has 0 atom stereocenters. The molecule has 0 saturated carbocycles. The van der Waals surface area contributed by atoms with E-state index >= 15 is 0 Å². The molecule has 0 spiro atoms. The summed E-state index contributed by atoms with van der Waals surface area (Å²) < 4.78 is 7.41. The molecule has 1 aliphatic carbocycles. The van der Waals surface area contributed by atoms with Crippen LogP contribution in [0.5, 0.6) is 0 Å². The van der Waals surface area contributed by atoms with Gasteiger partial charge in [-0.25, -0.2) is 0 Å². The van der Waals surface area contributed by atoms with Crippen LogP contribution >= 0.6 is 0 Å². The van der Waals surface area contributed by atoms with Gasteiger partial charge in [-0.3, -0.25) is 9.59 Å². The molecule has 144 valence electrons. The topological polar surface area (TPSA) is 58.7 Å². The Kier molecular flexibility index (Phi) is 4.19. The molecule has 6 nitrogen and oxygen atoms in total. The van der Waals surface area contributed by atoms with Gasteiger partial charge in [0.15, 0.2) is 5.76 Å². The number of piperazine rings is 1. The number of carbonyl (C=O) groups excluding carboxylic acids is 2. The Labute approximate surface area is 163 Å². The number of aryl methyl sites for hydroxylation is 1. The normalized spacial score (nSPS) is 16.6. The molecule has 5 rings (SSSR count). The van der Waals surface area contributed by atoms with Gasteiger partial charge in [-0.2, -0.15) is 0 Å². The third kappa shape index (κ3) is 2.80. The van der Waals surface area contributed by atoms with Crippen LogP contribution in [0.25, 0.3) is 10.9 Å². The molecule has 1 aliphatic heterocycles. The second kappa shape index (κ2) is 6.86. The molecule has 2 amide bonds. The van der Waals surface area contributed by atoms with Crippen molar-refractivity contribution in [1.29, 1.82) is 0 Å². The highest BCUT2D eigenvalue weighted by Gasteiger charge is 2.28. The Morgan fingerprint density at radius 2 is 1.71 bits per heavy atom. The van der Waals surface area contributed by atoms with Crippen molar-refractivity contribution in [2.24, 2.45) is 0 Å². The standard InChI is InChI=1S/C22H23N3O3/c26-21(23-10-12-24(13-11-23)22(27)20-9-4-14-28-20)15-25-18-7-2-1-5-16(18)17-6-3-8-19(17)25/h1-2,4-5,7,9,14H,3,6,8,10-13,15H2. The summed E-state index contributed by atoms with van der Waals surface area (Å²) in [4.78, 5) is 29.0. The predicted molar refractivity (Wildman–Crippen MR) is 105 cm³/mol. The molecule has 2 aliphatic rings. The zero-order valence-corrected chi connectivity index (χ0v) is 15.8.